The number of aliphatic carboxylic acids is 1. The van der Waals surface area contributed by atoms with Crippen LogP contribution in [0.2, 0.25) is 0 Å². The van der Waals surface area contributed by atoms with Crippen LogP contribution in [0.15, 0.2) is 66.7 Å². The average molecular weight is 489 g/mol. The van der Waals surface area contributed by atoms with Crippen LogP contribution >= 0.6 is 0 Å². The number of carboxylic acids is 1. The summed E-state index contributed by atoms with van der Waals surface area (Å²) in [5, 5.41) is 11.7. The van der Waals surface area contributed by atoms with Crippen molar-refractivity contribution in [3.8, 4) is 5.75 Å². The summed E-state index contributed by atoms with van der Waals surface area (Å²) < 4.78 is 5.59. The topological polar surface area (TPSA) is 70.1 Å². The molecule has 1 atom stereocenters. The SMILES string of the molecule is CCCN1C(=O)N(Cc2cccc3ccccc23)CC1CCCc1ccc(OC(C)(C)C(=O)O)cc1. The Balaban J connectivity index is 1.36. The number of benzene rings is 3. The molecular weight excluding hydrogens is 452 g/mol. The molecule has 0 aromatic heterocycles. The largest absolute Gasteiger partial charge is 0.478 e. The van der Waals surface area contributed by atoms with Gasteiger partial charge in [0.25, 0.3) is 0 Å². The highest BCUT2D eigenvalue weighted by molar-refractivity contribution is 5.86. The van der Waals surface area contributed by atoms with Gasteiger partial charge in [-0.3, -0.25) is 0 Å². The number of urea groups is 1. The van der Waals surface area contributed by atoms with Crippen molar-refractivity contribution < 1.29 is 19.4 Å². The molecular formula is C30H36N2O4. The van der Waals surface area contributed by atoms with Gasteiger partial charge >= 0.3 is 12.0 Å². The lowest BCUT2D eigenvalue weighted by atomic mass is 10.0. The summed E-state index contributed by atoms with van der Waals surface area (Å²) in [6.45, 7) is 7.35. The zero-order valence-corrected chi connectivity index (χ0v) is 21.4. The monoisotopic (exact) mass is 488 g/mol. The molecule has 0 bridgehead atoms. The maximum absolute atomic E-state index is 13.3. The van der Waals surface area contributed by atoms with Crippen molar-refractivity contribution in [1.29, 1.82) is 0 Å². The molecule has 0 spiro atoms. The van der Waals surface area contributed by atoms with Gasteiger partial charge in [0.05, 0.1) is 6.04 Å². The maximum Gasteiger partial charge on any atom is 0.347 e. The van der Waals surface area contributed by atoms with Gasteiger partial charge in [0.15, 0.2) is 5.60 Å². The van der Waals surface area contributed by atoms with Crippen LogP contribution in [0.3, 0.4) is 0 Å². The number of amides is 2. The van der Waals surface area contributed by atoms with E-state index in [-0.39, 0.29) is 12.1 Å². The number of ether oxygens (including phenoxy) is 1. The molecule has 36 heavy (non-hydrogen) atoms. The Morgan fingerprint density at radius 1 is 1.06 bits per heavy atom. The molecule has 1 saturated heterocycles. The fourth-order valence-corrected chi connectivity index (χ4v) is 4.91. The highest BCUT2D eigenvalue weighted by atomic mass is 16.5. The molecule has 3 aromatic carbocycles. The summed E-state index contributed by atoms with van der Waals surface area (Å²) in [6, 6.07) is 22.6. The maximum atomic E-state index is 13.3. The first kappa shape index (κ1) is 25.5. The molecule has 1 heterocycles. The molecule has 1 unspecified atom stereocenters. The molecule has 1 N–H and O–H groups in total. The lowest BCUT2D eigenvalue weighted by molar-refractivity contribution is -0.152. The molecule has 3 aromatic rings. The zero-order valence-electron chi connectivity index (χ0n) is 21.4. The summed E-state index contributed by atoms with van der Waals surface area (Å²) in [5.41, 5.74) is 1.10. The third kappa shape index (κ3) is 5.81. The molecule has 1 fully saturated rings. The standard InChI is InChI=1S/C30H36N2O4/c1-4-19-32-25(13-7-9-22-15-17-26(18-16-22)36-30(2,3)28(33)34)21-31(29(32)35)20-24-12-8-11-23-10-5-6-14-27(23)24/h5-6,8,10-12,14-18,25H,4,7,9,13,19-21H2,1-3H3,(H,33,34). The molecule has 0 radical (unpaired) electrons. The summed E-state index contributed by atoms with van der Waals surface area (Å²) in [5.74, 6) is -0.449. The van der Waals surface area contributed by atoms with Crippen LogP contribution in [0.5, 0.6) is 5.75 Å². The van der Waals surface area contributed by atoms with Crippen molar-refractivity contribution in [2.24, 2.45) is 0 Å². The molecule has 0 aliphatic carbocycles. The Kier molecular flexibility index (Phi) is 7.82. The number of aryl methyl sites for hydroxylation is 1. The molecule has 6 heteroatoms. The molecule has 1 aliphatic heterocycles. The van der Waals surface area contributed by atoms with Gasteiger partial charge in [-0.1, -0.05) is 61.5 Å². The van der Waals surface area contributed by atoms with Crippen LogP contribution < -0.4 is 4.74 Å². The van der Waals surface area contributed by atoms with Gasteiger partial charge < -0.3 is 19.6 Å². The molecule has 2 amide bonds. The lowest BCUT2D eigenvalue weighted by Crippen LogP contribution is -2.37. The normalized spacial score (nSPS) is 16.1. The number of nitrogens with zero attached hydrogens (tertiary/aromatic N) is 2. The van der Waals surface area contributed by atoms with Gasteiger partial charge in [-0.05, 0) is 73.6 Å². The van der Waals surface area contributed by atoms with Gasteiger partial charge in [-0.2, -0.15) is 0 Å². The van der Waals surface area contributed by atoms with E-state index in [2.05, 4.69) is 48.2 Å². The number of rotatable bonds is 11. The van der Waals surface area contributed by atoms with E-state index >= 15 is 0 Å². The summed E-state index contributed by atoms with van der Waals surface area (Å²) in [6.07, 6.45) is 3.76. The van der Waals surface area contributed by atoms with Crippen molar-refractivity contribution >= 4 is 22.8 Å². The quantitative estimate of drug-likeness (QED) is 0.353. The van der Waals surface area contributed by atoms with Crippen LogP contribution in [-0.4, -0.2) is 51.6 Å². The van der Waals surface area contributed by atoms with Crippen molar-refractivity contribution in [2.45, 2.75) is 64.6 Å². The second-order valence-corrected chi connectivity index (χ2v) is 10.1. The van der Waals surface area contributed by atoms with Gasteiger partial charge in [0, 0.05) is 19.6 Å². The van der Waals surface area contributed by atoms with Crippen LogP contribution in [0.1, 0.15) is 51.2 Å². The molecule has 0 saturated carbocycles. The van der Waals surface area contributed by atoms with E-state index in [0.29, 0.717) is 12.3 Å². The lowest BCUT2D eigenvalue weighted by Gasteiger charge is -2.23. The Hall–Kier alpha value is -3.54. The van der Waals surface area contributed by atoms with E-state index in [0.717, 1.165) is 38.8 Å². The second kappa shape index (κ2) is 11.0. The molecule has 6 nitrogen and oxygen atoms in total. The number of hydrogen-bond donors (Lipinski definition) is 1. The Bertz CT molecular complexity index is 1200. The van der Waals surface area contributed by atoms with Crippen molar-refractivity contribution in [2.75, 3.05) is 13.1 Å². The minimum Gasteiger partial charge on any atom is -0.478 e. The number of carbonyl (C=O) groups is 2. The zero-order chi connectivity index (χ0) is 25.7. The Morgan fingerprint density at radius 2 is 1.78 bits per heavy atom. The van der Waals surface area contributed by atoms with Crippen LogP contribution in [0.4, 0.5) is 4.79 Å². The van der Waals surface area contributed by atoms with Crippen molar-refractivity contribution in [3.63, 3.8) is 0 Å². The fourth-order valence-electron chi connectivity index (χ4n) is 4.91. The van der Waals surface area contributed by atoms with Gasteiger partial charge in [0.2, 0.25) is 0 Å². The highest BCUT2D eigenvalue weighted by Gasteiger charge is 2.36. The molecule has 1 aliphatic rings. The van der Waals surface area contributed by atoms with Gasteiger partial charge in [-0.25, -0.2) is 9.59 Å². The first-order valence-corrected chi connectivity index (χ1v) is 12.8. The Morgan fingerprint density at radius 3 is 2.50 bits per heavy atom. The summed E-state index contributed by atoms with van der Waals surface area (Å²) >= 11 is 0. The van der Waals surface area contributed by atoms with E-state index < -0.39 is 11.6 Å². The smallest absolute Gasteiger partial charge is 0.347 e. The van der Waals surface area contributed by atoms with E-state index in [1.54, 1.807) is 0 Å². The third-order valence-electron chi connectivity index (χ3n) is 6.91. The fraction of sp³-hybridized carbons (Fsp3) is 0.400. The van der Waals surface area contributed by atoms with Crippen LogP contribution in [0.25, 0.3) is 10.8 Å². The summed E-state index contributed by atoms with van der Waals surface area (Å²) in [7, 11) is 0. The van der Waals surface area contributed by atoms with E-state index in [1.807, 2.05) is 35.2 Å². The van der Waals surface area contributed by atoms with Gasteiger partial charge in [-0.15, -0.1) is 0 Å². The Labute approximate surface area is 213 Å². The first-order chi connectivity index (χ1) is 17.3. The predicted octanol–water partition coefficient (Wildman–Crippen LogP) is 6.12. The van der Waals surface area contributed by atoms with E-state index in [9.17, 15) is 14.7 Å². The van der Waals surface area contributed by atoms with E-state index in [4.69, 9.17) is 4.74 Å². The number of fused-ring (bicyclic) bond motifs is 1. The van der Waals surface area contributed by atoms with Crippen molar-refractivity contribution in [3.05, 3.63) is 77.9 Å². The minimum absolute atomic E-state index is 0.136. The number of hydrogen-bond acceptors (Lipinski definition) is 3. The highest BCUT2D eigenvalue weighted by Crippen LogP contribution is 2.26. The molecule has 190 valence electrons. The second-order valence-electron chi connectivity index (χ2n) is 10.1. The number of carbonyl (C=O) groups excluding carboxylic acids is 1. The van der Waals surface area contributed by atoms with E-state index in [1.165, 1.54) is 35.7 Å². The molecule has 4 rings (SSSR count). The first-order valence-electron chi connectivity index (χ1n) is 12.8. The van der Waals surface area contributed by atoms with Crippen LogP contribution in [0, 0.1) is 0 Å². The average Bonchev–Trinajstić information content (AvgIpc) is 3.14. The third-order valence-corrected chi connectivity index (χ3v) is 6.91. The summed E-state index contributed by atoms with van der Waals surface area (Å²) in [4.78, 5) is 28.6. The van der Waals surface area contributed by atoms with Crippen molar-refractivity contribution in [1.82, 2.24) is 9.80 Å². The number of carboxylic acid groups (broad SMARTS) is 1. The van der Waals surface area contributed by atoms with Crippen LogP contribution in [-0.2, 0) is 17.8 Å². The van der Waals surface area contributed by atoms with Gasteiger partial charge in [0.1, 0.15) is 5.75 Å². The predicted molar refractivity (Wildman–Crippen MR) is 142 cm³/mol. The minimum atomic E-state index is -1.27.